The van der Waals surface area contributed by atoms with Gasteiger partial charge >= 0.3 is 21.1 Å². The minimum absolute atomic E-state index is 0. The van der Waals surface area contributed by atoms with Crippen LogP contribution in [0, 0.1) is 12.1 Å². The Hall–Kier alpha value is -4.15. The Labute approximate surface area is 228 Å². The first-order chi connectivity index (χ1) is 17.7. The van der Waals surface area contributed by atoms with Crippen LogP contribution in [-0.2, 0) is 21.1 Å². The zero-order valence-corrected chi connectivity index (χ0v) is 22.3. The van der Waals surface area contributed by atoms with Crippen LogP contribution in [-0.4, -0.2) is 28.8 Å². The quantitative estimate of drug-likeness (QED) is 0.187. The number of hydrogen-bond acceptors (Lipinski definition) is 5. The van der Waals surface area contributed by atoms with Gasteiger partial charge in [-0.3, -0.25) is 0 Å². The number of benzene rings is 3. The Morgan fingerprint density at radius 2 is 1.57 bits per heavy atom. The molecule has 0 saturated carbocycles. The summed E-state index contributed by atoms with van der Waals surface area (Å²) in [6, 6.07) is 32.5. The van der Waals surface area contributed by atoms with Gasteiger partial charge in [0.25, 0.3) is 0 Å². The molecule has 0 N–H and O–H groups in total. The molecule has 3 heterocycles. The fourth-order valence-electron chi connectivity index (χ4n) is 4.26. The topological polar surface area (TPSA) is 58.4 Å². The van der Waals surface area contributed by atoms with Crippen molar-refractivity contribution in [2.24, 2.45) is 0 Å². The molecule has 0 spiro atoms. The Kier molecular flexibility index (Phi) is 6.93. The molecule has 7 heteroatoms. The average Bonchev–Trinajstić information content (AvgIpc) is 3.27. The van der Waals surface area contributed by atoms with E-state index in [4.69, 9.17) is 14.2 Å². The van der Waals surface area contributed by atoms with E-state index in [9.17, 15) is 0 Å². The van der Waals surface area contributed by atoms with Gasteiger partial charge in [0.05, 0.1) is 20.4 Å². The monoisotopic (exact) mass is 666 g/mol. The maximum Gasteiger partial charge on any atom is 2.00 e. The largest absolute Gasteiger partial charge is 2.00 e. The Morgan fingerprint density at radius 3 is 2.38 bits per heavy atom. The van der Waals surface area contributed by atoms with Crippen LogP contribution in [0.5, 0.6) is 23.1 Å². The van der Waals surface area contributed by atoms with E-state index in [-0.39, 0.29) is 21.1 Å². The summed E-state index contributed by atoms with van der Waals surface area (Å²) >= 11 is 0. The molecule has 6 nitrogen and oxygen atoms in total. The van der Waals surface area contributed by atoms with Gasteiger partial charge in [0.1, 0.15) is 17.3 Å². The van der Waals surface area contributed by atoms with Gasteiger partial charge in [-0.15, -0.1) is 18.2 Å². The smallest absolute Gasteiger partial charge is 0.497 e. The number of pyridine rings is 2. The number of fused-ring (bicyclic) bond motifs is 3. The molecule has 0 aliphatic heterocycles. The van der Waals surface area contributed by atoms with Crippen LogP contribution in [0.4, 0.5) is 0 Å². The summed E-state index contributed by atoms with van der Waals surface area (Å²) < 4.78 is 18.6. The van der Waals surface area contributed by atoms with Crippen LogP contribution < -0.4 is 14.2 Å². The predicted molar refractivity (Wildman–Crippen MR) is 139 cm³/mol. The van der Waals surface area contributed by atoms with Crippen molar-refractivity contribution in [3.05, 3.63) is 103 Å². The van der Waals surface area contributed by atoms with E-state index in [0.29, 0.717) is 23.1 Å². The van der Waals surface area contributed by atoms with Crippen molar-refractivity contribution in [1.29, 1.82) is 0 Å². The Bertz CT molecular complexity index is 1700. The summed E-state index contributed by atoms with van der Waals surface area (Å²) in [5.41, 5.74) is 3.74. The third-order valence-corrected chi connectivity index (χ3v) is 5.98. The summed E-state index contributed by atoms with van der Waals surface area (Å²) in [6.07, 6.45) is 3.37. The molecule has 6 rings (SSSR count). The van der Waals surface area contributed by atoms with Gasteiger partial charge < -0.3 is 18.8 Å². The van der Waals surface area contributed by atoms with E-state index in [2.05, 4.69) is 50.9 Å². The van der Waals surface area contributed by atoms with Crippen LogP contribution >= 0.6 is 0 Å². The van der Waals surface area contributed by atoms with E-state index >= 15 is 0 Å². The van der Waals surface area contributed by atoms with Crippen molar-refractivity contribution in [3.63, 3.8) is 0 Å². The zero-order chi connectivity index (χ0) is 24.5. The third kappa shape index (κ3) is 4.68. The number of methoxy groups -OCH3 is 2. The van der Waals surface area contributed by atoms with Crippen LogP contribution in [0.15, 0.2) is 91.3 Å². The second-order valence-corrected chi connectivity index (χ2v) is 8.11. The molecule has 184 valence electrons. The second-order valence-electron chi connectivity index (χ2n) is 8.11. The van der Waals surface area contributed by atoms with Gasteiger partial charge in [0.15, 0.2) is 0 Å². The summed E-state index contributed by atoms with van der Waals surface area (Å²) in [6.45, 7) is 0. The Balaban J connectivity index is 0.00000280. The van der Waals surface area contributed by atoms with E-state index in [1.807, 2.05) is 42.5 Å². The summed E-state index contributed by atoms with van der Waals surface area (Å²) in [7, 11) is 3.24. The van der Waals surface area contributed by atoms with Crippen molar-refractivity contribution >= 4 is 21.8 Å². The van der Waals surface area contributed by atoms with Crippen molar-refractivity contribution in [3.8, 4) is 40.1 Å². The minimum atomic E-state index is 0. The third-order valence-electron chi connectivity index (χ3n) is 5.98. The van der Waals surface area contributed by atoms with Gasteiger partial charge in [-0.2, -0.15) is 24.3 Å². The predicted octanol–water partition coefficient (Wildman–Crippen LogP) is 6.65. The zero-order valence-electron chi connectivity index (χ0n) is 20.0. The molecule has 3 aromatic heterocycles. The van der Waals surface area contributed by atoms with Crippen molar-refractivity contribution in [1.82, 2.24) is 14.5 Å². The maximum absolute atomic E-state index is 5.95. The van der Waals surface area contributed by atoms with Crippen molar-refractivity contribution in [2.75, 3.05) is 14.2 Å². The molecule has 0 radical (unpaired) electrons. The first-order valence-corrected chi connectivity index (χ1v) is 11.4. The van der Waals surface area contributed by atoms with Crippen LogP contribution in [0.25, 0.3) is 38.8 Å². The molecular weight excluding hydrogens is 645 g/mol. The molecule has 3 aromatic carbocycles. The molecule has 0 aliphatic carbocycles. The standard InChI is InChI=1S/C30H21N3O3.Pt/c1-34-22-14-15-31-30(18-22)36-23-7-5-6-20(16-23)21-10-12-26-25-8-3-4-9-27(25)33(28(26)17-21)29-13-11-24(35-2)19-32-29;/h3-15,18-19H,1-2H3;/q-2;+2. The van der Waals surface area contributed by atoms with Crippen LogP contribution in [0.2, 0.25) is 0 Å². The Morgan fingerprint density at radius 1 is 0.730 bits per heavy atom. The molecule has 0 bridgehead atoms. The molecule has 0 amide bonds. The summed E-state index contributed by atoms with van der Waals surface area (Å²) in [5, 5.41) is 2.23. The minimum Gasteiger partial charge on any atom is -0.497 e. The maximum atomic E-state index is 5.95. The molecule has 0 saturated heterocycles. The number of ether oxygens (including phenoxy) is 3. The summed E-state index contributed by atoms with van der Waals surface area (Å²) in [5.74, 6) is 3.17. The molecule has 0 aliphatic rings. The van der Waals surface area contributed by atoms with Gasteiger partial charge in [-0.1, -0.05) is 23.6 Å². The molecule has 0 atom stereocenters. The van der Waals surface area contributed by atoms with Crippen LogP contribution in [0.3, 0.4) is 0 Å². The summed E-state index contributed by atoms with van der Waals surface area (Å²) in [4.78, 5) is 8.90. The van der Waals surface area contributed by atoms with E-state index in [1.54, 1.807) is 38.7 Å². The van der Waals surface area contributed by atoms with E-state index in [1.165, 1.54) is 0 Å². The molecule has 0 unspecified atom stereocenters. The normalized spacial score (nSPS) is 10.8. The fourth-order valence-corrected chi connectivity index (χ4v) is 4.26. The average molecular weight is 667 g/mol. The first kappa shape index (κ1) is 24.5. The van der Waals surface area contributed by atoms with Gasteiger partial charge in [0, 0.05) is 23.5 Å². The number of rotatable bonds is 6. The van der Waals surface area contributed by atoms with Crippen molar-refractivity contribution in [2.45, 2.75) is 0 Å². The first-order valence-electron chi connectivity index (χ1n) is 11.4. The fraction of sp³-hybridized carbons (Fsp3) is 0.0667. The van der Waals surface area contributed by atoms with E-state index < -0.39 is 0 Å². The van der Waals surface area contributed by atoms with Crippen molar-refractivity contribution < 1.29 is 35.3 Å². The SMILES string of the molecule is COc1ccc(-n2c3[c-]c(-c4[c-]c(Oc5cc(OC)ccn5)ccc4)ccc3c3ccccc32)nc1.[Pt+2]. The number of nitrogens with zero attached hydrogens (tertiary/aromatic N) is 3. The van der Waals surface area contributed by atoms with Gasteiger partial charge in [-0.05, 0) is 35.2 Å². The van der Waals surface area contributed by atoms with E-state index in [0.717, 1.165) is 38.8 Å². The van der Waals surface area contributed by atoms with Gasteiger partial charge in [0.2, 0.25) is 5.88 Å². The van der Waals surface area contributed by atoms with Crippen LogP contribution in [0.1, 0.15) is 0 Å². The van der Waals surface area contributed by atoms with Gasteiger partial charge in [-0.25, -0.2) is 21.1 Å². The molecule has 37 heavy (non-hydrogen) atoms. The number of aromatic nitrogens is 3. The molecule has 6 aromatic rings. The second kappa shape index (κ2) is 10.5. The number of hydrogen-bond donors (Lipinski definition) is 0. The molecule has 0 fully saturated rings. The molecular formula is C30H21N3O3Pt. The number of para-hydroxylation sites is 1.